The number of amides is 1. The molecule has 22 heavy (non-hydrogen) atoms. The number of benzene rings is 1. The van der Waals surface area contributed by atoms with Gasteiger partial charge in [0.05, 0.1) is 10.4 Å². The van der Waals surface area contributed by atoms with Crippen LogP contribution >= 0.6 is 15.9 Å². The van der Waals surface area contributed by atoms with Gasteiger partial charge in [-0.25, -0.2) is 0 Å². The highest BCUT2D eigenvalue weighted by Crippen LogP contribution is 2.31. The SMILES string of the molecule is CC1CCC(C(=O)O)CN1C(=O)c1[nH]c2ccccc2c1Br. The Kier molecular flexibility index (Phi) is 3.95. The largest absolute Gasteiger partial charge is 0.481 e. The Morgan fingerprint density at radius 3 is 2.73 bits per heavy atom. The second kappa shape index (κ2) is 5.76. The molecule has 2 N–H and O–H groups in total. The maximum atomic E-state index is 12.8. The van der Waals surface area contributed by atoms with E-state index >= 15 is 0 Å². The fourth-order valence-corrected chi connectivity index (χ4v) is 3.60. The van der Waals surface area contributed by atoms with E-state index in [4.69, 9.17) is 0 Å². The summed E-state index contributed by atoms with van der Waals surface area (Å²) in [6.07, 6.45) is 1.33. The smallest absolute Gasteiger partial charge is 0.308 e. The third kappa shape index (κ3) is 2.52. The Morgan fingerprint density at radius 2 is 2.05 bits per heavy atom. The number of halogens is 1. The molecule has 0 aliphatic carbocycles. The summed E-state index contributed by atoms with van der Waals surface area (Å²) in [6, 6.07) is 7.72. The summed E-state index contributed by atoms with van der Waals surface area (Å²) in [4.78, 5) is 28.9. The zero-order valence-electron chi connectivity index (χ0n) is 12.2. The number of hydrogen-bond acceptors (Lipinski definition) is 2. The monoisotopic (exact) mass is 364 g/mol. The van der Waals surface area contributed by atoms with E-state index in [-0.39, 0.29) is 18.5 Å². The molecular formula is C16H17BrN2O3. The lowest BCUT2D eigenvalue weighted by Crippen LogP contribution is -2.47. The van der Waals surface area contributed by atoms with Crippen molar-refractivity contribution in [3.05, 3.63) is 34.4 Å². The predicted molar refractivity (Wildman–Crippen MR) is 86.9 cm³/mol. The van der Waals surface area contributed by atoms with E-state index in [1.54, 1.807) is 4.90 Å². The van der Waals surface area contributed by atoms with Crippen LogP contribution < -0.4 is 0 Å². The summed E-state index contributed by atoms with van der Waals surface area (Å²) in [6.45, 7) is 2.23. The number of carbonyl (C=O) groups excluding carboxylic acids is 1. The van der Waals surface area contributed by atoms with Gasteiger partial charge >= 0.3 is 5.97 Å². The second-order valence-corrected chi connectivity index (χ2v) is 6.57. The second-order valence-electron chi connectivity index (χ2n) is 5.78. The van der Waals surface area contributed by atoms with Crippen molar-refractivity contribution in [1.29, 1.82) is 0 Å². The summed E-state index contributed by atoms with van der Waals surface area (Å²) in [5.41, 5.74) is 1.37. The molecule has 0 bridgehead atoms. The molecule has 5 nitrogen and oxygen atoms in total. The van der Waals surface area contributed by atoms with Gasteiger partial charge in [-0.2, -0.15) is 0 Å². The number of fused-ring (bicyclic) bond motifs is 1. The Morgan fingerprint density at radius 1 is 1.32 bits per heavy atom. The summed E-state index contributed by atoms with van der Waals surface area (Å²) in [7, 11) is 0. The number of carboxylic acid groups (broad SMARTS) is 1. The molecule has 1 aromatic heterocycles. The number of piperidine rings is 1. The van der Waals surface area contributed by atoms with Crippen molar-refractivity contribution in [2.45, 2.75) is 25.8 Å². The number of aromatic amines is 1. The molecule has 2 aromatic rings. The highest BCUT2D eigenvalue weighted by molar-refractivity contribution is 9.10. The van der Waals surface area contributed by atoms with Gasteiger partial charge < -0.3 is 15.0 Å². The average molecular weight is 365 g/mol. The number of nitrogens with one attached hydrogen (secondary N) is 1. The lowest BCUT2D eigenvalue weighted by atomic mass is 9.93. The summed E-state index contributed by atoms with van der Waals surface area (Å²) >= 11 is 3.49. The molecule has 1 aromatic carbocycles. The molecule has 6 heteroatoms. The molecule has 0 spiro atoms. The van der Waals surface area contributed by atoms with Crippen LogP contribution in [-0.2, 0) is 4.79 Å². The van der Waals surface area contributed by atoms with Gasteiger partial charge in [0.2, 0.25) is 0 Å². The molecule has 2 atom stereocenters. The van der Waals surface area contributed by atoms with Gasteiger partial charge in [-0.3, -0.25) is 9.59 Å². The van der Waals surface area contributed by atoms with Crippen LogP contribution in [0.25, 0.3) is 10.9 Å². The number of rotatable bonds is 2. The van der Waals surface area contributed by atoms with Crippen LogP contribution in [0.15, 0.2) is 28.7 Å². The molecule has 1 amide bonds. The number of para-hydroxylation sites is 1. The molecule has 1 fully saturated rings. The van der Waals surface area contributed by atoms with E-state index in [0.717, 1.165) is 15.4 Å². The van der Waals surface area contributed by atoms with E-state index < -0.39 is 11.9 Å². The van der Waals surface area contributed by atoms with E-state index in [1.165, 1.54) is 0 Å². The van der Waals surface area contributed by atoms with Gasteiger partial charge in [0.25, 0.3) is 5.91 Å². The standard InChI is InChI=1S/C16H17BrN2O3/c1-9-6-7-10(16(21)22)8-19(9)15(20)14-13(17)11-4-2-3-5-12(11)18-14/h2-5,9-10,18H,6-8H2,1H3,(H,21,22). The first kappa shape index (κ1) is 15.1. The van der Waals surface area contributed by atoms with Gasteiger partial charge in [0.1, 0.15) is 5.69 Å². The van der Waals surface area contributed by atoms with Crippen molar-refractivity contribution >= 4 is 38.7 Å². The first-order chi connectivity index (χ1) is 10.5. The van der Waals surface area contributed by atoms with Crippen molar-refractivity contribution in [2.75, 3.05) is 6.54 Å². The van der Waals surface area contributed by atoms with Crippen LogP contribution in [0.2, 0.25) is 0 Å². The van der Waals surface area contributed by atoms with Gasteiger partial charge in [-0.1, -0.05) is 18.2 Å². The van der Waals surface area contributed by atoms with Crippen molar-refractivity contribution in [3.8, 4) is 0 Å². The van der Waals surface area contributed by atoms with E-state index in [2.05, 4.69) is 20.9 Å². The number of carbonyl (C=O) groups is 2. The Balaban J connectivity index is 1.94. The minimum absolute atomic E-state index is 0.0430. The lowest BCUT2D eigenvalue weighted by Gasteiger charge is -2.36. The number of H-pyrrole nitrogens is 1. The molecule has 1 aliphatic rings. The number of hydrogen-bond donors (Lipinski definition) is 2. The number of aliphatic carboxylic acids is 1. The summed E-state index contributed by atoms with van der Waals surface area (Å²) in [5.74, 6) is -1.47. The molecule has 2 heterocycles. The van der Waals surface area contributed by atoms with Crippen molar-refractivity contribution in [3.63, 3.8) is 0 Å². The number of aromatic nitrogens is 1. The molecule has 3 rings (SSSR count). The van der Waals surface area contributed by atoms with Gasteiger partial charge in [-0.15, -0.1) is 0 Å². The first-order valence-electron chi connectivity index (χ1n) is 7.29. The fraction of sp³-hybridized carbons (Fsp3) is 0.375. The van der Waals surface area contributed by atoms with E-state index in [9.17, 15) is 14.7 Å². The molecule has 2 unspecified atom stereocenters. The Bertz CT molecular complexity index is 740. The fourth-order valence-electron chi connectivity index (χ4n) is 2.99. The maximum Gasteiger partial charge on any atom is 0.308 e. The number of nitrogens with zero attached hydrogens (tertiary/aromatic N) is 1. The highest BCUT2D eigenvalue weighted by atomic mass is 79.9. The zero-order chi connectivity index (χ0) is 15.9. The highest BCUT2D eigenvalue weighted by Gasteiger charge is 2.34. The van der Waals surface area contributed by atoms with Gasteiger partial charge in [0, 0.05) is 23.5 Å². The van der Waals surface area contributed by atoms with Crippen molar-refractivity contribution in [1.82, 2.24) is 9.88 Å². The third-order valence-corrected chi connectivity index (χ3v) is 5.17. The topological polar surface area (TPSA) is 73.4 Å². The van der Waals surface area contributed by atoms with Crippen LogP contribution in [-0.4, -0.2) is 39.5 Å². The first-order valence-corrected chi connectivity index (χ1v) is 8.08. The quantitative estimate of drug-likeness (QED) is 0.858. The number of likely N-dealkylation sites (tertiary alicyclic amines) is 1. The third-order valence-electron chi connectivity index (χ3n) is 4.35. The summed E-state index contributed by atoms with van der Waals surface area (Å²) < 4.78 is 0.734. The van der Waals surface area contributed by atoms with Crippen LogP contribution in [0.1, 0.15) is 30.3 Å². The predicted octanol–water partition coefficient (Wildman–Crippen LogP) is 3.26. The average Bonchev–Trinajstić information content (AvgIpc) is 2.84. The minimum atomic E-state index is -0.833. The summed E-state index contributed by atoms with van der Waals surface area (Å²) in [5, 5.41) is 10.2. The van der Waals surface area contributed by atoms with Crippen LogP contribution in [0.3, 0.4) is 0 Å². The van der Waals surface area contributed by atoms with Crippen LogP contribution in [0.5, 0.6) is 0 Å². The van der Waals surface area contributed by atoms with Crippen molar-refractivity contribution in [2.24, 2.45) is 5.92 Å². The molecule has 1 aliphatic heterocycles. The van der Waals surface area contributed by atoms with Crippen LogP contribution in [0, 0.1) is 5.92 Å². The van der Waals surface area contributed by atoms with Gasteiger partial charge in [0.15, 0.2) is 0 Å². The van der Waals surface area contributed by atoms with Crippen LogP contribution in [0.4, 0.5) is 0 Å². The Hall–Kier alpha value is -1.82. The van der Waals surface area contributed by atoms with E-state index in [0.29, 0.717) is 18.5 Å². The van der Waals surface area contributed by atoms with E-state index in [1.807, 2.05) is 31.2 Å². The van der Waals surface area contributed by atoms with Gasteiger partial charge in [-0.05, 0) is 41.8 Å². The zero-order valence-corrected chi connectivity index (χ0v) is 13.8. The molecule has 116 valence electrons. The van der Waals surface area contributed by atoms with Crippen molar-refractivity contribution < 1.29 is 14.7 Å². The molecular weight excluding hydrogens is 348 g/mol. The molecule has 1 saturated heterocycles. The normalized spacial score (nSPS) is 22.0. The molecule has 0 radical (unpaired) electrons. The lowest BCUT2D eigenvalue weighted by molar-refractivity contribution is -0.143. The molecule has 0 saturated carbocycles. The Labute approximate surface area is 136 Å². The maximum absolute atomic E-state index is 12.8. The number of carboxylic acids is 1. The minimum Gasteiger partial charge on any atom is -0.481 e.